The number of thioether (sulfide) groups is 1. The number of carbonyl (C=O) groups excluding carboxylic acids is 5. The maximum absolute atomic E-state index is 13.2. The van der Waals surface area contributed by atoms with E-state index in [9.17, 15) is 24.3 Å². The molecule has 40 unspecified atom stereocenters. The van der Waals surface area contributed by atoms with E-state index in [2.05, 4.69) is 394 Å². The lowest BCUT2D eigenvalue weighted by atomic mass is 9.98. The van der Waals surface area contributed by atoms with Gasteiger partial charge in [0.2, 0.25) is 5.91 Å². The number of alkyl carbamates (subject to hydrolysis) is 1. The molecule has 3 aromatic carbocycles. The number of aldehydes is 1. The van der Waals surface area contributed by atoms with Crippen molar-refractivity contribution in [2.45, 2.75) is 148 Å². The maximum Gasteiger partial charge on any atom is 0.407 e. The zero-order valence-electron chi connectivity index (χ0n) is 79.8. The van der Waals surface area contributed by atoms with Crippen molar-refractivity contribution in [3.8, 4) is 11.1 Å². The summed E-state index contributed by atoms with van der Waals surface area (Å²) in [5.41, 5.74) is 5.70. The lowest BCUT2D eigenvalue weighted by Crippen LogP contribution is -2.46. The quantitative estimate of drug-likeness (QED) is 0.00716. The number of allylic oxidation sites excluding steroid dienone is 4. The fourth-order valence-electron chi connectivity index (χ4n) is 11.0. The molecule has 0 aromatic heterocycles. The van der Waals surface area contributed by atoms with Gasteiger partial charge in [0.15, 0.2) is 0 Å². The highest BCUT2D eigenvalue weighted by Gasteiger charge is 2.48. The van der Waals surface area contributed by atoms with Gasteiger partial charge in [0.1, 0.15) is 29.4 Å². The number of thiocarbonyl (C=S) groups is 1. The number of hydrogen-bond donors (Lipinski definition) is 3. The van der Waals surface area contributed by atoms with Crippen LogP contribution in [0.2, 0.25) is 25.7 Å². The highest BCUT2D eigenvalue weighted by molar-refractivity contribution is 9.41. The molecule has 1 fully saturated rings. The number of nitrogens with one attached hydrogen (secondary N) is 1. The van der Waals surface area contributed by atoms with E-state index in [1.807, 2.05) is 81.5 Å². The van der Waals surface area contributed by atoms with Crippen LogP contribution in [-0.2, 0) is 39.8 Å². The number of fused-ring (bicyclic) bond motifs is 3. The molecule has 44 atom stereocenters. The minimum Gasteiger partial charge on any atom is -0.466 e. The van der Waals surface area contributed by atoms with Gasteiger partial charge in [0.25, 0.3) is 0 Å². The van der Waals surface area contributed by atoms with E-state index in [0.717, 1.165) is 94.9 Å². The van der Waals surface area contributed by atoms with Crippen LogP contribution in [0, 0.1) is 5.92 Å². The second kappa shape index (κ2) is 97.9. The Morgan fingerprint density at radius 3 is 1.23 bits per heavy atom. The molecule has 81 heteroatoms. The van der Waals surface area contributed by atoms with Crippen molar-refractivity contribution < 1.29 is 48.4 Å². The van der Waals surface area contributed by atoms with Crippen LogP contribution >= 0.6 is 555 Å². The zero-order chi connectivity index (χ0) is 109. The van der Waals surface area contributed by atoms with Crippen LogP contribution in [0.25, 0.3) is 11.1 Å². The Hall–Kier alpha value is 22.9. The molecule has 1 aliphatic heterocycles. The molecule has 812 valence electrons. The van der Waals surface area contributed by atoms with Crippen LogP contribution in [0.3, 0.4) is 0 Å². The Morgan fingerprint density at radius 2 is 0.879 bits per heavy atom. The third kappa shape index (κ3) is 70.3. The van der Waals surface area contributed by atoms with Crippen molar-refractivity contribution in [2.75, 3.05) is 25.6 Å². The van der Waals surface area contributed by atoms with Crippen molar-refractivity contribution in [3.05, 3.63) is 145 Å². The Morgan fingerprint density at radius 1 is 0.511 bits per heavy atom. The van der Waals surface area contributed by atoms with Gasteiger partial charge in [-0.1, -0.05) is 229 Å². The predicted molar refractivity (Wildman–Crippen MR) is 870 cm³/mol. The first-order valence-corrected chi connectivity index (χ1v) is 164. The number of benzene rings is 3. The summed E-state index contributed by atoms with van der Waals surface area (Å²) in [4.78, 5) is 61.9. The van der Waals surface area contributed by atoms with Crippen LogP contribution in [0.1, 0.15) is 109 Å². The van der Waals surface area contributed by atoms with Crippen molar-refractivity contribution in [1.29, 1.82) is 0 Å². The number of aliphatic hydroxyl groups excluding tert-OH is 2. The highest BCUT2D eigenvalue weighted by Crippen LogP contribution is 3.36. The first-order chi connectivity index (χ1) is 65.9. The number of aliphatic hydroxyl groups is 2. The third-order valence-electron chi connectivity index (χ3n) is 16.9. The second-order valence-corrected chi connectivity index (χ2v) is 295. The molecular formula is C60H156N2O10P66S2Si. The van der Waals surface area contributed by atoms with Crippen LogP contribution in [0.5, 0.6) is 0 Å². The Balaban J connectivity index is 0. The number of carbonyl (C=O) groups is 5. The number of esters is 2. The van der Waals surface area contributed by atoms with E-state index in [-0.39, 0.29) is 252 Å². The van der Waals surface area contributed by atoms with Crippen LogP contribution in [-0.4, -0.2) is 108 Å². The summed E-state index contributed by atoms with van der Waals surface area (Å²) < 4.78 is 17.4. The first-order valence-electron chi connectivity index (χ1n) is 41.0. The molecule has 0 radical (unpaired) electrons. The molecule has 0 saturated carbocycles. The lowest BCUT2D eigenvalue weighted by Gasteiger charge is -2.47. The lowest BCUT2D eigenvalue weighted by molar-refractivity contribution is -0.155. The molecule has 1 aliphatic carbocycles. The Kier molecular flexibility index (Phi) is 115. The summed E-state index contributed by atoms with van der Waals surface area (Å²) in [7, 11) is 112. The minimum atomic E-state index is -1.34. The van der Waals surface area contributed by atoms with E-state index in [1.54, 1.807) is 34.9 Å². The Labute approximate surface area is 979 Å². The maximum atomic E-state index is 13.2. The van der Waals surface area contributed by atoms with Gasteiger partial charge in [-0.2, -0.15) is 0 Å². The van der Waals surface area contributed by atoms with Gasteiger partial charge >= 0.3 is 18.0 Å². The SMILES string of the molecule is C=CC=O.CCC/C=C/CO.CCC/C=C/[C@@H](O)CC(=O)N1C(=S)SC[C@H]1Cc1ccccc1.CCC/C=C/[C@H](CC(=O)OCC[Si](C)(C)C)OC(=O)[C@@H](NC(=O)OCC1c2ccccc2-c2ccccc21)C(C)C.PP(P)P(P(P)P)P(P(P(P)P)P(P)P)P(P(P)P)P(P)P.PPP(P(P)P)P(P(P(P)P)P(P)P)P(P(P)P)P(P)P.PPP(P)P(P(P)P)P(P(P(P)P)P(P)P)P(P(P)P)P(P)P. The van der Waals surface area contributed by atoms with Crippen molar-refractivity contribution in [3.63, 3.8) is 0 Å². The van der Waals surface area contributed by atoms with E-state index in [0.29, 0.717) is 17.2 Å². The number of nitrogens with zero attached hydrogens (tertiary/aromatic N) is 1. The standard InChI is InChI=1S/C33H45NO6Si.C18H23NO2S2.C6H12O.C3H4O.H25P23.H24P22.H23P21/c1-7-8-9-14-24(21-30(35)38-19-20-41(4,5)6)40-32(36)31(23(2)3)34-33(37)39-22-29-27-17-12-10-15-25(27)26-16-11-13-18-28(26)29;1-2-3-5-10-16(20)12-17(21)19-15(13-23-18(19)22)11-14-8-6-4-7-9-14;1-2-3-4-5-6-7;1-2-3-4;1-13-19(12)22(18(10)11)23(20(14(2)3)15(4)5)21(16(6)7)17(8)9;1-13(2)19(14(3)4)22(20(15(5)6)16(7)8)21(17(9)10)18(11)12;1-12-18(13(2)3)21(19(14(4)5)15(6)7)20(16(8)9)17(10)11/h9-18,23-24,29,31H,7-8,19-22H2,1-6H3,(H,34,37);4-10,15-16,20H,2-3,11-13H2,1H3;4-5,7H,2-3,6H2,1H3;2-3H,1H2;13H,1-12H2;1-12H2;12H,1-11H2/b14-9+;10-5+;5-4+;;;;/t24-,31+;15-,16-;;;;;/m11...../s1. The third-order valence-corrected chi connectivity index (χ3v) is 437. The highest BCUT2D eigenvalue weighted by atomic mass is 33.5. The topological polar surface area (TPSA) is 169 Å². The normalized spacial score (nSPS) is 15.2. The molecule has 1 heterocycles. The number of unbranched alkanes of at least 4 members (excludes halogenated alkanes) is 3. The molecule has 0 spiro atoms. The average molecular weight is 3200 g/mol. The molecule has 141 heavy (non-hydrogen) atoms. The van der Waals surface area contributed by atoms with Gasteiger partial charge in [-0.25, -0.2) is 9.59 Å². The summed E-state index contributed by atoms with van der Waals surface area (Å²) >= 11 is 6.88. The summed E-state index contributed by atoms with van der Waals surface area (Å²) in [6.45, 7) is 22.3. The summed E-state index contributed by atoms with van der Waals surface area (Å²) in [5.74, 6) is -0.636. The van der Waals surface area contributed by atoms with Gasteiger partial charge in [0.05, 0.1) is 38.2 Å². The van der Waals surface area contributed by atoms with Gasteiger partial charge in [-0.3, -0.25) is 19.3 Å². The minimum absolute atomic E-state index is 0.00720. The van der Waals surface area contributed by atoms with Crippen LogP contribution < -0.4 is 5.32 Å². The predicted octanol–water partition coefficient (Wildman–Crippen LogP) is 49.9. The van der Waals surface area contributed by atoms with Gasteiger partial charge < -0.3 is 29.7 Å². The van der Waals surface area contributed by atoms with E-state index in [4.69, 9.17) is 36.3 Å². The fourth-order valence-corrected chi connectivity index (χ4v) is 820. The van der Waals surface area contributed by atoms with Crippen LogP contribution in [0.4, 0.5) is 4.79 Å². The number of ether oxygens (including phenoxy) is 3. The second-order valence-electron chi connectivity index (χ2n) is 29.5. The summed E-state index contributed by atoms with van der Waals surface area (Å²) in [5, 5.41) is 20.9. The molecule has 2 amide bonds. The van der Waals surface area contributed by atoms with Crippen molar-refractivity contribution >= 4 is 598 Å². The Bertz CT molecular complexity index is 3830. The molecule has 12 nitrogen and oxygen atoms in total. The van der Waals surface area contributed by atoms with Gasteiger partial charge in [0, 0.05) is 19.7 Å². The zero-order valence-corrected chi connectivity index (χ0v) is 151. The first kappa shape index (κ1) is 166. The van der Waals surface area contributed by atoms with E-state index in [1.165, 1.54) is 11.6 Å². The van der Waals surface area contributed by atoms with E-state index < -0.39 is 44.4 Å². The fraction of sp³-hybridized carbons (Fsp3) is 0.467. The van der Waals surface area contributed by atoms with Gasteiger partial charge in [-0.05, 0) is 280 Å². The summed E-state index contributed by atoms with van der Waals surface area (Å²) in [6, 6.07) is 26.4. The largest absolute Gasteiger partial charge is 0.466 e. The van der Waals surface area contributed by atoms with E-state index >= 15 is 0 Å². The molecular weight excluding hydrogens is 3050 g/mol. The average Bonchev–Trinajstić information content (AvgIpc) is 1.57. The number of amides is 2. The molecule has 3 aromatic rings. The van der Waals surface area contributed by atoms with Crippen LogP contribution in [0.15, 0.2) is 128 Å². The smallest absolute Gasteiger partial charge is 0.407 e. The van der Waals surface area contributed by atoms with Crippen molar-refractivity contribution in [1.82, 2.24) is 10.2 Å². The monoisotopic (exact) mass is 3200 g/mol. The molecule has 0 bridgehead atoms. The van der Waals surface area contributed by atoms with Gasteiger partial charge in [-0.15, -0.1) is 312 Å². The molecule has 3 N–H and O–H groups in total. The number of rotatable bonds is 53. The van der Waals surface area contributed by atoms with Crippen molar-refractivity contribution in [2.24, 2.45) is 5.92 Å². The number of hydrogen-bond acceptors (Lipinski definition) is 12. The molecule has 2 aliphatic rings. The molecule has 5 rings (SSSR count). The molecule has 1 saturated heterocycles. The summed E-state index contributed by atoms with van der Waals surface area (Å²) in [6.07, 6.45) is 17.4.